The monoisotopic (exact) mass is 769 g/mol. The van der Waals surface area contributed by atoms with Gasteiger partial charge in [0.05, 0.1) is 5.56 Å². The minimum Gasteiger partial charge on any atom is -0.486 e. The molecule has 0 radical (unpaired) electrons. The summed E-state index contributed by atoms with van der Waals surface area (Å²) in [5, 5.41) is 3.70. The quantitative estimate of drug-likeness (QED) is 0.166. The van der Waals surface area contributed by atoms with Crippen molar-refractivity contribution in [1.82, 2.24) is 15.1 Å². The van der Waals surface area contributed by atoms with Crippen molar-refractivity contribution in [2.75, 3.05) is 53.2 Å². The molecular weight excluding hydrogens is 730 g/mol. The Balaban J connectivity index is 0.000000271. The van der Waals surface area contributed by atoms with Gasteiger partial charge in [-0.15, -0.1) is 24.8 Å². The third kappa shape index (κ3) is 12.7. The fourth-order valence-corrected chi connectivity index (χ4v) is 5.47. The Hall–Kier alpha value is -3.87. The fourth-order valence-electron chi connectivity index (χ4n) is 5.34. The highest BCUT2D eigenvalue weighted by Gasteiger charge is 2.30. The van der Waals surface area contributed by atoms with Gasteiger partial charge in [-0.25, -0.2) is 0 Å². The van der Waals surface area contributed by atoms with E-state index < -0.39 is 11.7 Å². The number of hydrogen-bond acceptors (Lipinski definition) is 7. The van der Waals surface area contributed by atoms with Crippen LogP contribution in [0, 0.1) is 0 Å². The Morgan fingerprint density at radius 1 is 0.863 bits per heavy atom. The summed E-state index contributed by atoms with van der Waals surface area (Å²) in [7, 11) is 1.85. The number of halogens is 6. The third-order valence-electron chi connectivity index (χ3n) is 8.03. The number of rotatable bonds is 11. The summed E-state index contributed by atoms with van der Waals surface area (Å²) in [5.74, 6) is 2.69. The molecule has 6 rings (SSSR count). The summed E-state index contributed by atoms with van der Waals surface area (Å²) < 4.78 is 59.9. The number of benzene rings is 4. The van der Waals surface area contributed by atoms with Crippen LogP contribution in [-0.4, -0.2) is 68.9 Å². The standard InChI is InChI=1S/C20H21ClN2O4.C17H18F3NO.2ClH/c21-16-2-4-17(5-3-16)25-13-20(24)23-9-7-22(8-10-23)12-15-1-6-18-19(11-15)27-14-26-18;1-21-12-11-16(13-5-3-2-4-6-13)22-15-9-7-14(8-10-15)17(18,19)20;;/h1-6,11H,7-10,12-14H2;2-10,16,21H,11-12H2,1H3;2*1H. The summed E-state index contributed by atoms with van der Waals surface area (Å²) >= 11 is 5.85. The van der Waals surface area contributed by atoms with E-state index in [2.05, 4.69) is 16.3 Å². The van der Waals surface area contributed by atoms with E-state index in [9.17, 15) is 18.0 Å². The number of hydrogen-bond donors (Lipinski definition) is 1. The van der Waals surface area contributed by atoms with Crippen molar-refractivity contribution in [3.05, 3.63) is 119 Å². The van der Waals surface area contributed by atoms with Crippen LogP contribution >= 0.6 is 36.4 Å². The molecule has 4 aromatic rings. The second-order valence-corrected chi connectivity index (χ2v) is 12.0. The number of alkyl halides is 3. The molecule has 2 heterocycles. The molecule has 14 heteroatoms. The summed E-state index contributed by atoms with van der Waals surface area (Å²) in [6.07, 6.45) is -3.81. The molecule has 276 valence electrons. The van der Waals surface area contributed by atoms with E-state index >= 15 is 0 Å². The van der Waals surface area contributed by atoms with E-state index in [4.69, 9.17) is 30.5 Å². The predicted octanol–water partition coefficient (Wildman–Crippen LogP) is 8.07. The van der Waals surface area contributed by atoms with E-state index in [1.807, 2.05) is 54.4 Å². The third-order valence-corrected chi connectivity index (χ3v) is 8.28. The molecule has 0 spiro atoms. The van der Waals surface area contributed by atoms with Crippen molar-refractivity contribution in [1.29, 1.82) is 0 Å². The zero-order valence-corrected chi connectivity index (χ0v) is 30.3. The Labute approximate surface area is 313 Å². The molecule has 0 aliphatic carbocycles. The van der Waals surface area contributed by atoms with Gasteiger partial charge < -0.3 is 29.2 Å². The molecule has 1 saturated heterocycles. The maximum atomic E-state index is 12.6. The Morgan fingerprint density at radius 3 is 2.16 bits per heavy atom. The molecule has 2 aliphatic rings. The van der Waals surface area contributed by atoms with Gasteiger partial charge in [0.25, 0.3) is 5.91 Å². The first-order valence-electron chi connectivity index (χ1n) is 16.0. The normalized spacial score (nSPS) is 14.3. The average molecular weight is 771 g/mol. The Kier molecular flexibility index (Phi) is 16.5. The van der Waals surface area contributed by atoms with Crippen LogP contribution in [0.2, 0.25) is 5.02 Å². The number of carbonyl (C=O) groups excluding carboxylic acids is 1. The zero-order valence-electron chi connectivity index (χ0n) is 27.9. The lowest BCUT2D eigenvalue weighted by molar-refractivity contribution is -0.137. The molecule has 1 atom stereocenters. The number of fused-ring (bicyclic) bond motifs is 1. The van der Waals surface area contributed by atoms with Gasteiger partial charge in [0, 0.05) is 44.2 Å². The molecule has 8 nitrogen and oxygen atoms in total. The van der Waals surface area contributed by atoms with Crippen LogP contribution in [0.3, 0.4) is 0 Å². The van der Waals surface area contributed by atoms with Gasteiger partial charge in [0.2, 0.25) is 6.79 Å². The van der Waals surface area contributed by atoms with Crippen LogP contribution in [0.15, 0.2) is 97.1 Å². The summed E-state index contributed by atoms with van der Waals surface area (Å²) in [4.78, 5) is 16.5. The van der Waals surface area contributed by atoms with Gasteiger partial charge in [-0.2, -0.15) is 13.2 Å². The second kappa shape index (κ2) is 20.2. The van der Waals surface area contributed by atoms with Gasteiger partial charge in [-0.3, -0.25) is 9.69 Å². The highest BCUT2D eigenvalue weighted by atomic mass is 35.5. The van der Waals surface area contributed by atoms with Gasteiger partial charge in [0.1, 0.15) is 17.6 Å². The number of ether oxygens (including phenoxy) is 4. The van der Waals surface area contributed by atoms with Crippen molar-refractivity contribution in [2.24, 2.45) is 0 Å². The lowest BCUT2D eigenvalue weighted by Crippen LogP contribution is -2.49. The lowest BCUT2D eigenvalue weighted by Gasteiger charge is -2.34. The molecule has 4 aromatic carbocycles. The number of piperazine rings is 1. The molecule has 0 bridgehead atoms. The number of carbonyl (C=O) groups is 1. The van der Waals surface area contributed by atoms with E-state index in [1.165, 1.54) is 17.7 Å². The summed E-state index contributed by atoms with van der Waals surface area (Å²) in [5.41, 5.74) is 1.51. The molecule has 1 fully saturated rings. The van der Waals surface area contributed by atoms with Crippen LogP contribution in [0.5, 0.6) is 23.0 Å². The smallest absolute Gasteiger partial charge is 0.416 e. The average Bonchev–Trinajstić information content (AvgIpc) is 3.59. The Bertz CT molecular complexity index is 1630. The second-order valence-electron chi connectivity index (χ2n) is 11.5. The van der Waals surface area contributed by atoms with E-state index in [0.717, 1.165) is 61.8 Å². The minimum absolute atomic E-state index is 0. The molecule has 0 saturated carbocycles. The van der Waals surface area contributed by atoms with Crippen LogP contribution in [0.25, 0.3) is 0 Å². The fraction of sp³-hybridized carbons (Fsp3) is 0.324. The van der Waals surface area contributed by atoms with Crippen molar-refractivity contribution in [3.63, 3.8) is 0 Å². The van der Waals surface area contributed by atoms with Gasteiger partial charge in [0.15, 0.2) is 18.1 Å². The predicted molar refractivity (Wildman–Crippen MR) is 196 cm³/mol. The van der Waals surface area contributed by atoms with Gasteiger partial charge in [-0.05, 0) is 85.4 Å². The molecule has 1 N–H and O–H groups in total. The highest BCUT2D eigenvalue weighted by molar-refractivity contribution is 6.30. The molecule has 2 aliphatic heterocycles. The SMILES string of the molecule is CNCCC(Oc1ccc(C(F)(F)F)cc1)c1ccccc1.Cl.Cl.O=C(COc1ccc(Cl)cc1)N1CCN(Cc2ccc3c(c2)OCO3)CC1. The lowest BCUT2D eigenvalue weighted by atomic mass is 10.1. The van der Waals surface area contributed by atoms with Crippen molar-refractivity contribution in [3.8, 4) is 23.0 Å². The zero-order chi connectivity index (χ0) is 34.6. The molecule has 0 aromatic heterocycles. The molecular formula is C37H41Cl3F3N3O5. The topological polar surface area (TPSA) is 72.5 Å². The van der Waals surface area contributed by atoms with E-state index in [-0.39, 0.29) is 50.2 Å². The first kappa shape index (κ1) is 41.5. The first-order valence-corrected chi connectivity index (χ1v) is 16.4. The van der Waals surface area contributed by atoms with Crippen LogP contribution in [0.4, 0.5) is 13.2 Å². The van der Waals surface area contributed by atoms with Crippen LogP contribution < -0.4 is 24.3 Å². The maximum Gasteiger partial charge on any atom is 0.416 e. The van der Waals surface area contributed by atoms with Crippen molar-refractivity contribution in [2.45, 2.75) is 25.2 Å². The van der Waals surface area contributed by atoms with Gasteiger partial charge in [-0.1, -0.05) is 48.0 Å². The van der Waals surface area contributed by atoms with E-state index in [0.29, 0.717) is 29.6 Å². The van der Waals surface area contributed by atoms with Crippen molar-refractivity contribution < 1.29 is 36.9 Å². The summed E-state index contributed by atoms with van der Waals surface area (Å²) in [6, 6.07) is 27.5. The largest absolute Gasteiger partial charge is 0.486 e. The van der Waals surface area contributed by atoms with Crippen LogP contribution in [-0.2, 0) is 17.5 Å². The minimum atomic E-state index is -4.33. The summed E-state index contributed by atoms with van der Waals surface area (Å²) in [6.45, 7) is 4.99. The highest BCUT2D eigenvalue weighted by Crippen LogP contribution is 2.33. The van der Waals surface area contributed by atoms with E-state index in [1.54, 1.807) is 24.3 Å². The molecule has 1 unspecified atom stereocenters. The Morgan fingerprint density at radius 2 is 1.51 bits per heavy atom. The number of nitrogens with one attached hydrogen (secondary N) is 1. The molecule has 51 heavy (non-hydrogen) atoms. The first-order chi connectivity index (χ1) is 23.7. The molecule has 1 amide bonds. The van der Waals surface area contributed by atoms with Gasteiger partial charge >= 0.3 is 6.18 Å². The number of nitrogens with zero attached hydrogens (tertiary/aromatic N) is 2. The number of amides is 1. The van der Waals surface area contributed by atoms with Crippen molar-refractivity contribution >= 4 is 42.3 Å². The maximum absolute atomic E-state index is 12.6. The van der Waals surface area contributed by atoms with Crippen LogP contribution in [0.1, 0.15) is 29.2 Å².